The second kappa shape index (κ2) is 5.51. The minimum Gasteiger partial charge on any atom is -0.497 e. The van der Waals surface area contributed by atoms with Crippen LogP contribution in [0.15, 0.2) is 41.1 Å². The molecule has 0 radical (unpaired) electrons. The molecule has 1 N–H and O–H groups in total. The van der Waals surface area contributed by atoms with Gasteiger partial charge in [0.2, 0.25) is 0 Å². The van der Waals surface area contributed by atoms with E-state index in [2.05, 4.69) is 15.1 Å². The maximum absolute atomic E-state index is 8.79. The highest BCUT2D eigenvalue weighted by Crippen LogP contribution is 2.18. The molecular weight excluding hydrogens is 268 g/mol. The molecule has 0 fully saturated rings. The molecular formula is C15H12N4O2. The van der Waals surface area contributed by atoms with Gasteiger partial charge < -0.3 is 14.2 Å². The molecule has 0 atom stereocenters. The largest absolute Gasteiger partial charge is 0.497 e. The van der Waals surface area contributed by atoms with Crippen LogP contribution >= 0.6 is 0 Å². The van der Waals surface area contributed by atoms with Crippen LogP contribution in [-0.2, 0) is 6.42 Å². The zero-order chi connectivity index (χ0) is 14.7. The van der Waals surface area contributed by atoms with Gasteiger partial charge in [-0.1, -0.05) is 17.3 Å². The summed E-state index contributed by atoms with van der Waals surface area (Å²) < 4.78 is 10.3. The molecule has 0 saturated carbocycles. The van der Waals surface area contributed by atoms with Crippen molar-refractivity contribution >= 4 is 0 Å². The highest BCUT2D eigenvalue weighted by molar-refractivity contribution is 5.51. The van der Waals surface area contributed by atoms with E-state index in [-0.39, 0.29) is 0 Å². The second-order valence-electron chi connectivity index (χ2n) is 4.45. The van der Waals surface area contributed by atoms with Crippen LogP contribution in [0.2, 0.25) is 0 Å². The number of hydrogen-bond acceptors (Lipinski definition) is 5. The average molecular weight is 280 g/mol. The first-order valence-electron chi connectivity index (χ1n) is 6.33. The number of ether oxygens (including phenoxy) is 1. The molecule has 0 spiro atoms. The first kappa shape index (κ1) is 12.9. The Morgan fingerprint density at radius 2 is 2.14 bits per heavy atom. The van der Waals surface area contributed by atoms with Gasteiger partial charge in [-0.15, -0.1) is 0 Å². The SMILES string of the molecule is COc1ccc(Cc2noc(-c3cc(C#N)c[nH]3)n2)cc1. The van der Waals surface area contributed by atoms with Gasteiger partial charge in [-0.05, 0) is 23.8 Å². The van der Waals surface area contributed by atoms with Gasteiger partial charge in [-0.25, -0.2) is 0 Å². The van der Waals surface area contributed by atoms with E-state index in [1.54, 1.807) is 19.4 Å². The van der Waals surface area contributed by atoms with Crippen LogP contribution in [0.3, 0.4) is 0 Å². The van der Waals surface area contributed by atoms with Crippen molar-refractivity contribution in [2.45, 2.75) is 6.42 Å². The molecule has 6 heteroatoms. The van der Waals surface area contributed by atoms with E-state index < -0.39 is 0 Å². The van der Waals surface area contributed by atoms with Crippen LogP contribution in [0.25, 0.3) is 11.6 Å². The lowest BCUT2D eigenvalue weighted by Crippen LogP contribution is -1.91. The van der Waals surface area contributed by atoms with E-state index in [0.29, 0.717) is 29.4 Å². The van der Waals surface area contributed by atoms with Crippen molar-refractivity contribution in [1.29, 1.82) is 5.26 Å². The predicted octanol–water partition coefficient (Wildman–Crippen LogP) is 2.54. The fraction of sp³-hybridized carbons (Fsp3) is 0.133. The third-order valence-corrected chi connectivity index (χ3v) is 3.03. The molecule has 2 aromatic heterocycles. The standard InChI is InChI=1S/C15H12N4O2/c1-20-12-4-2-10(3-5-12)7-14-18-15(21-19-14)13-6-11(8-16)9-17-13/h2-6,9,17H,7H2,1H3. The van der Waals surface area contributed by atoms with Crippen molar-refractivity contribution in [1.82, 2.24) is 15.1 Å². The summed E-state index contributed by atoms with van der Waals surface area (Å²) in [5.41, 5.74) is 2.23. The Kier molecular flexibility index (Phi) is 3.39. The van der Waals surface area contributed by atoms with E-state index in [4.69, 9.17) is 14.5 Å². The van der Waals surface area contributed by atoms with Crippen LogP contribution in [-0.4, -0.2) is 22.2 Å². The Labute approximate surface area is 121 Å². The molecule has 0 bridgehead atoms. The number of nitriles is 1. The van der Waals surface area contributed by atoms with Crippen molar-refractivity contribution in [2.75, 3.05) is 7.11 Å². The molecule has 6 nitrogen and oxygen atoms in total. The monoisotopic (exact) mass is 280 g/mol. The topological polar surface area (TPSA) is 87.7 Å². The summed E-state index contributed by atoms with van der Waals surface area (Å²) in [6.07, 6.45) is 2.17. The number of nitrogens with one attached hydrogen (secondary N) is 1. The fourth-order valence-corrected chi connectivity index (χ4v) is 1.94. The van der Waals surface area contributed by atoms with Crippen LogP contribution in [0.5, 0.6) is 5.75 Å². The maximum Gasteiger partial charge on any atom is 0.274 e. The zero-order valence-corrected chi connectivity index (χ0v) is 11.3. The smallest absolute Gasteiger partial charge is 0.274 e. The van der Waals surface area contributed by atoms with E-state index >= 15 is 0 Å². The number of aromatic amines is 1. The molecule has 3 aromatic rings. The number of aromatic nitrogens is 3. The minimum atomic E-state index is 0.375. The molecule has 0 aliphatic heterocycles. The Morgan fingerprint density at radius 3 is 2.81 bits per heavy atom. The molecule has 3 rings (SSSR count). The van der Waals surface area contributed by atoms with Crippen molar-refractivity contribution in [3.05, 3.63) is 53.5 Å². The molecule has 1 aromatic carbocycles. The lowest BCUT2D eigenvalue weighted by Gasteiger charge is -2.00. The lowest BCUT2D eigenvalue weighted by atomic mass is 10.1. The van der Waals surface area contributed by atoms with Gasteiger partial charge >= 0.3 is 0 Å². The highest BCUT2D eigenvalue weighted by atomic mass is 16.5. The Bertz CT molecular complexity index is 781. The number of hydrogen-bond donors (Lipinski definition) is 1. The Balaban J connectivity index is 1.76. The minimum absolute atomic E-state index is 0.375. The summed E-state index contributed by atoms with van der Waals surface area (Å²) in [5, 5.41) is 12.7. The predicted molar refractivity (Wildman–Crippen MR) is 74.6 cm³/mol. The zero-order valence-electron chi connectivity index (χ0n) is 11.3. The molecule has 104 valence electrons. The number of nitrogens with zero attached hydrogens (tertiary/aromatic N) is 3. The first-order chi connectivity index (χ1) is 10.3. The number of H-pyrrole nitrogens is 1. The van der Waals surface area contributed by atoms with Crippen LogP contribution in [0.1, 0.15) is 17.0 Å². The normalized spacial score (nSPS) is 10.3. The third kappa shape index (κ3) is 2.77. The van der Waals surface area contributed by atoms with Gasteiger partial charge in [0.05, 0.1) is 12.7 Å². The third-order valence-electron chi connectivity index (χ3n) is 3.03. The quantitative estimate of drug-likeness (QED) is 0.793. The van der Waals surface area contributed by atoms with Gasteiger partial charge in [0, 0.05) is 12.6 Å². The van der Waals surface area contributed by atoms with Gasteiger partial charge in [-0.3, -0.25) is 0 Å². The first-order valence-corrected chi connectivity index (χ1v) is 6.33. The van der Waals surface area contributed by atoms with Crippen molar-refractivity contribution in [3.8, 4) is 23.4 Å². The van der Waals surface area contributed by atoms with E-state index in [0.717, 1.165) is 11.3 Å². The molecule has 0 amide bonds. The lowest BCUT2D eigenvalue weighted by molar-refractivity contribution is 0.414. The van der Waals surface area contributed by atoms with E-state index in [1.165, 1.54) is 0 Å². The van der Waals surface area contributed by atoms with Crippen molar-refractivity contribution in [3.63, 3.8) is 0 Å². The molecule has 0 saturated heterocycles. The van der Waals surface area contributed by atoms with Crippen molar-refractivity contribution in [2.24, 2.45) is 0 Å². The van der Waals surface area contributed by atoms with Gasteiger partial charge in [0.15, 0.2) is 5.82 Å². The summed E-state index contributed by atoms with van der Waals surface area (Å²) >= 11 is 0. The Morgan fingerprint density at radius 1 is 1.33 bits per heavy atom. The molecule has 21 heavy (non-hydrogen) atoms. The van der Waals surface area contributed by atoms with Crippen LogP contribution in [0.4, 0.5) is 0 Å². The number of rotatable bonds is 4. The molecule has 0 aliphatic rings. The summed E-state index contributed by atoms with van der Waals surface area (Å²) in [6.45, 7) is 0. The fourth-order valence-electron chi connectivity index (χ4n) is 1.94. The van der Waals surface area contributed by atoms with Gasteiger partial charge in [-0.2, -0.15) is 10.2 Å². The summed E-state index contributed by atoms with van der Waals surface area (Å²) in [7, 11) is 1.63. The summed E-state index contributed by atoms with van der Waals surface area (Å²) in [6, 6.07) is 11.4. The van der Waals surface area contributed by atoms with Crippen molar-refractivity contribution < 1.29 is 9.26 Å². The summed E-state index contributed by atoms with van der Waals surface area (Å²) in [5.74, 6) is 1.77. The molecule has 2 heterocycles. The summed E-state index contributed by atoms with van der Waals surface area (Å²) in [4.78, 5) is 7.25. The number of benzene rings is 1. The van der Waals surface area contributed by atoms with E-state index in [1.807, 2.05) is 30.3 Å². The number of methoxy groups -OCH3 is 1. The van der Waals surface area contributed by atoms with E-state index in [9.17, 15) is 0 Å². The highest BCUT2D eigenvalue weighted by Gasteiger charge is 2.11. The molecule has 0 aliphatic carbocycles. The van der Waals surface area contributed by atoms with Gasteiger partial charge in [0.25, 0.3) is 5.89 Å². The maximum atomic E-state index is 8.79. The second-order valence-corrected chi connectivity index (χ2v) is 4.45. The van der Waals surface area contributed by atoms with Crippen LogP contribution in [0, 0.1) is 11.3 Å². The average Bonchev–Trinajstić information content (AvgIpc) is 3.16. The molecule has 0 unspecified atom stereocenters. The van der Waals surface area contributed by atoms with Crippen LogP contribution < -0.4 is 4.74 Å². The van der Waals surface area contributed by atoms with Gasteiger partial charge in [0.1, 0.15) is 17.5 Å². The Hall–Kier alpha value is -3.07.